The van der Waals surface area contributed by atoms with E-state index >= 15 is 0 Å². The van der Waals surface area contributed by atoms with Crippen LogP contribution in [0.15, 0.2) is 24.3 Å². The van der Waals surface area contributed by atoms with E-state index in [0.717, 1.165) is 23.9 Å². The van der Waals surface area contributed by atoms with Crippen molar-refractivity contribution in [2.75, 3.05) is 6.54 Å². The number of rotatable bonds is 2. The van der Waals surface area contributed by atoms with Crippen LogP contribution in [0.3, 0.4) is 0 Å². The number of Topliss-reactive ketones (excluding diaryl/α,β-unsaturated/α-hetero) is 1. The lowest BCUT2D eigenvalue weighted by Gasteiger charge is -2.25. The lowest BCUT2D eigenvalue weighted by Crippen LogP contribution is -2.35. The predicted molar refractivity (Wildman–Crippen MR) is 80.5 cm³/mol. The number of hydrogen-bond acceptors (Lipinski definition) is 3. The summed E-state index contributed by atoms with van der Waals surface area (Å²) in [5.74, 6) is 0.613. The van der Waals surface area contributed by atoms with Crippen molar-refractivity contribution in [2.24, 2.45) is 0 Å². The molecule has 2 heterocycles. The molecule has 0 bridgehead atoms. The molecule has 0 radical (unpaired) electrons. The predicted octanol–water partition coefficient (Wildman–Crippen LogP) is 2.45. The number of nitrogens with zero attached hydrogens (tertiary/aromatic N) is 2. The van der Waals surface area contributed by atoms with Crippen molar-refractivity contribution in [1.29, 1.82) is 5.41 Å². The number of H-pyrrole nitrogens is 1. The molecule has 4 rings (SSSR count). The van der Waals surface area contributed by atoms with Gasteiger partial charge in [-0.1, -0.05) is 25.0 Å². The summed E-state index contributed by atoms with van der Waals surface area (Å²) in [5, 5.41) is 8.41. The molecule has 2 aliphatic rings. The number of nitrogens with one attached hydrogen (secondary N) is 2. The van der Waals surface area contributed by atoms with Crippen molar-refractivity contribution in [2.45, 2.75) is 37.6 Å². The lowest BCUT2D eigenvalue weighted by molar-refractivity contribution is -0.118. The number of carbonyl (C=O) groups excluding carboxylic acids is 1. The Morgan fingerprint density at radius 1 is 1.24 bits per heavy atom. The molecule has 108 valence electrons. The first-order chi connectivity index (χ1) is 10.2. The molecule has 2 N–H and O–H groups in total. The molecule has 5 nitrogen and oxygen atoms in total. The minimum absolute atomic E-state index is 0.0888. The maximum Gasteiger partial charge on any atom is 0.170 e. The Kier molecular flexibility index (Phi) is 2.80. The molecule has 21 heavy (non-hydrogen) atoms. The Bertz CT molecular complexity index is 681. The molecular formula is C16H18N4O. The number of ketones is 1. The van der Waals surface area contributed by atoms with E-state index in [2.05, 4.69) is 9.97 Å². The third-order valence-corrected chi connectivity index (χ3v) is 4.68. The van der Waals surface area contributed by atoms with Gasteiger partial charge in [0.05, 0.1) is 17.6 Å². The highest BCUT2D eigenvalue weighted by Crippen LogP contribution is 2.32. The van der Waals surface area contributed by atoms with Crippen LogP contribution in [-0.2, 0) is 4.79 Å². The quantitative estimate of drug-likeness (QED) is 0.888. The molecule has 5 heteroatoms. The van der Waals surface area contributed by atoms with E-state index in [1.807, 2.05) is 29.2 Å². The summed E-state index contributed by atoms with van der Waals surface area (Å²) < 4.78 is 0. The monoisotopic (exact) mass is 282 g/mol. The zero-order chi connectivity index (χ0) is 14.4. The molecule has 2 aromatic rings. The van der Waals surface area contributed by atoms with Gasteiger partial charge in [0.25, 0.3) is 0 Å². The van der Waals surface area contributed by atoms with E-state index in [-0.39, 0.29) is 5.78 Å². The van der Waals surface area contributed by atoms with E-state index in [1.165, 1.54) is 12.8 Å². The zero-order valence-corrected chi connectivity index (χ0v) is 11.8. The summed E-state index contributed by atoms with van der Waals surface area (Å²) in [6, 6.07) is 8.11. The number of amidine groups is 1. The van der Waals surface area contributed by atoms with Crippen LogP contribution in [0.1, 0.15) is 37.4 Å². The van der Waals surface area contributed by atoms with Crippen LogP contribution >= 0.6 is 0 Å². The first-order valence-corrected chi connectivity index (χ1v) is 7.56. The van der Waals surface area contributed by atoms with Gasteiger partial charge < -0.3 is 9.88 Å². The topological polar surface area (TPSA) is 72.8 Å². The summed E-state index contributed by atoms with van der Waals surface area (Å²) in [7, 11) is 0. The van der Waals surface area contributed by atoms with Gasteiger partial charge in [0.2, 0.25) is 0 Å². The number of fused-ring (bicyclic) bond motifs is 1. The average molecular weight is 282 g/mol. The fourth-order valence-corrected chi connectivity index (χ4v) is 3.60. The van der Waals surface area contributed by atoms with Crippen LogP contribution in [0.4, 0.5) is 0 Å². The number of carbonyl (C=O) groups is 1. The van der Waals surface area contributed by atoms with Gasteiger partial charge in [0.15, 0.2) is 5.78 Å². The molecule has 2 fully saturated rings. The molecule has 1 aromatic carbocycles. The van der Waals surface area contributed by atoms with E-state index in [0.29, 0.717) is 24.2 Å². The molecule has 1 unspecified atom stereocenters. The van der Waals surface area contributed by atoms with E-state index in [9.17, 15) is 4.79 Å². The average Bonchev–Trinajstić information content (AvgIpc) is 3.17. The van der Waals surface area contributed by atoms with Crippen molar-refractivity contribution in [3.8, 4) is 0 Å². The van der Waals surface area contributed by atoms with Gasteiger partial charge in [0.1, 0.15) is 17.6 Å². The molecule has 0 amide bonds. The Morgan fingerprint density at radius 2 is 2.00 bits per heavy atom. The number of likely N-dealkylation sites (tertiary alicyclic amines) is 1. The highest BCUT2D eigenvalue weighted by Gasteiger charge is 2.42. The van der Waals surface area contributed by atoms with Gasteiger partial charge in [-0.3, -0.25) is 10.2 Å². The largest absolute Gasteiger partial charge is 0.349 e. The van der Waals surface area contributed by atoms with Crippen molar-refractivity contribution in [1.82, 2.24) is 14.9 Å². The third kappa shape index (κ3) is 1.95. The zero-order valence-electron chi connectivity index (χ0n) is 11.8. The third-order valence-electron chi connectivity index (χ3n) is 4.68. The van der Waals surface area contributed by atoms with Gasteiger partial charge in [-0.15, -0.1) is 0 Å². The lowest BCUT2D eigenvalue weighted by atomic mass is 10.1. The van der Waals surface area contributed by atoms with Crippen LogP contribution in [-0.4, -0.2) is 39.1 Å². The molecule has 1 atom stereocenters. The Balaban J connectivity index is 1.67. The summed E-state index contributed by atoms with van der Waals surface area (Å²) in [6.07, 6.45) is 4.61. The summed E-state index contributed by atoms with van der Waals surface area (Å²) in [4.78, 5) is 22.1. The number of aromatic nitrogens is 2. The minimum Gasteiger partial charge on any atom is -0.349 e. The van der Waals surface area contributed by atoms with Gasteiger partial charge >= 0.3 is 0 Å². The number of aromatic amines is 1. The van der Waals surface area contributed by atoms with E-state index < -0.39 is 5.92 Å². The van der Waals surface area contributed by atoms with Gasteiger partial charge in [-0.05, 0) is 25.0 Å². The number of imidazole rings is 1. The van der Waals surface area contributed by atoms with Crippen molar-refractivity contribution in [3.63, 3.8) is 0 Å². The van der Waals surface area contributed by atoms with Crippen LogP contribution in [0.25, 0.3) is 11.0 Å². The SMILES string of the molecule is N=C1C(c2nc3ccccc3[nH]2)C(=O)CN1C1CCCC1. The molecule has 1 saturated carbocycles. The Morgan fingerprint density at radius 3 is 2.76 bits per heavy atom. The molecule has 0 spiro atoms. The van der Waals surface area contributed by atoms with E-state index in [1.54, 1.807) is 0 Å². The second kappa shape index (κ2) is 4.69. The van der Waals surface area contributed by atoms with Crippen LogP contribution < -0.4 is 0 Å². The Hall–Kier alpha value is -2.17. The number of hydrogen-bond donors (Lipinski definition) is 2. The Labute approximate surface area is 122 Å². The second-order valence-electron chi connectivity index (χ2n) is 5.99. The molecule has 1 aliphatic heterocycles. The maximum atomic E-state index is 12.4. The summed E-state index contributed by atoms with van der Waals surface area (Å²) in [5.41, 5.74) is 1.78. The fraction of sp³-hybridized carbons (Fsp3) is 0.438. The second-order valence-corrected chi connectivity index (χ2v) is 5.99. The molecule has 1 saturated heterocycles. The minimum atomic E-state index is -0.516. The van der Waals surface area contributed by atoms with Gasteiger partial charge in [-0.2, -0.15) is 0 Å². The first kappa shape index (κ1) is 12.6. The number of benzene rings is 1. The standard InChI is InChI=1S/C16H18N4O/c17-15-14(13(21)9-20(15)10-5-1-2-6-10)16-18-11-7-3-4-8-12(11)19-16/h3-4,7-8,10,14,17H,1-2,5-6,9H2,(H,18,19). The van der Waals surface area contributed by atoms with Crippen molar-refractivity contribution < 1.29 is 4.79 Å². The van der Waals surface area contributed by atoms with Gasteiger partial charge in [-0.25, -0.2) is 4.98 Å². The van der Waals surface area contributed by atoms with Crippen LogP contribution in [0.2, 0.25) is 0 Å². The first-order valence-electron chi connectivity index (χ1n) is 7.56. The summed E-state index contributed by atoms with van der Waals surface area (Å²) >= 11 is 0. The highest BCUT2D eigenvalue weighted by atomic mass is 16.1. The van der Waals surface area contributed by atoms with Crippen LogP contribution in [0, 0.1) is 5.41 Å². The van der Waals surface area contributed by atoms with Crippen LogP contribution in [0.5, 0.6) is 0 Å². The normalized spacial score (nSPS) is 23.6. The fourth-order valence-electron chi connectivity index (χ4n) is 3.60. The molecule has 1 aromatic heterocycles. The van der Waals surface area contributed by atoms with Crippen molar-refractivity contribution in [3.05, 3.63) is 30.1 Å². The molecule has 1 aliphatic carbocycles. The highest BCUT2D eigenvalue weighted by molar-refractivity contribution is 6.14. The smallest absolute Gasteiger partial charge is 0.170 e. The maximum absolute atomic E-state index is 12.4. The van der Waals surface area contributed by atoms with Gasteiger partial charge in [0, 0.05) is 6.04 Å². The summed E-state index contributed by atoms with van der Waals surface area (Å²) in [6.45, 7) is 0.366. The molecular weight excluding hydrogens is 264 g/mol. The van der Waals surface area contributed by atoms with Crippen molar-refractivity contribution >= 4 is 22.7 Å². The van der Waals surface area contributed by atoms with E-state index in [4.69, 9.17) is 5.41 Å². The number of para-hydroxylation sites is 2.